The van der Waals surface area contributed by atoms with Gasteiger partial charge in [0.25, 0.3) is 0 Å². The molecular weight excluding hydrogens is 248 g/mol. The summed E-state index contributed by atoms with van der Waals surface area (Å²) in [5.41, 5.74) is 1.90. The van der Waals surface area contributed by atoms with E-state index in [4.69, 9.17) is 0 Å². The molecule has 0 aliphatic heterocycles. The number of nitrogens with zero attached hydrogens (tertiary/aromatic N) is 2. The molecule has 0 N–H and O–H groups in total. The fourth-order valence-electron chi connectivity index (χ4n) is 1.63. The van der Waals surface area contributed by atoms with Crippen molar-refractivity contribution >= 4 is 9.84 Å². The van der Waals surface area contributed by atoms with E-state index >= 15 is 0 Å². The van der Waals surface area contributed by atoms with E-state index in [1.165, 1.54) is 0 Å². The molecule has 2 rings (SSSR count). The Hall–Kier alpha value is -1.62. The standard InChI is InChI=1S/C13H16N2O2S/c1-2-18(16,17)11-10-15-9-8-13(14-15)12-6-4-3-5-7-12/h3-9H,2,10-11H2,1H3. The van der Waals surface area contributed by atoms with Gasteiger partial charge >= 0.3 is 0 Å². The number of hydrogen-bond donors (Lipinski definition) is 0. The molecule has 1 aromatic carbocycles. The van der Waals surface area contributed by atoms with E-state index in [1.54, 1.807) is 11.6 Å². The van der Waals surface area contributed by atoms with Crippen molar-refractivity contribution in [2.75, 3.05) is 11.5 Å². The van der Waals surface area contributed by atoms with Gasteiger partial charge in [-0.15, -0.1) is 0 Å². The van der Waals surface area contributed by atoms with Crippen molar-refractivity contribution < 1.29 is 8.42 Å². The Morgan fingerprint density at radius 1 is 1.17 bits per heavy atom. The number of rotatable bonds is 5. The minimum Gasteiger partial charge on any atom is -0.271 e. The van der Waals surface area contributed by atoms with Gasteiger partial charge in [-0.2, -0.15) is 5.10 Å². The van der Waals surface area contributed by atoms with E-state index in [9.17, 15) is 8.42 Å². The smallest absolute Gasteiger partial charge is 0.151 e. The summed E-state index contributed by atoms with van der Waals surface area (Å²) in [4.78, 5) is 0. The second-order valence-corrected chi connectivity index (χ2v) is 6.54. The maximum absolute atomic E-state index is 11.4. The molecule has 0 unspecified atom stereocenters. The van der Waals surface area contributed by atoms with Crippen LogP contribution in [-0.4, -0.2) is 29.7 Å². The van der Waals surface area contributed by atoms with E-state index < -0.39 is 9.84 Å². The van der Waals surface area contributed by atoms with Crippen molar-refractivity contribution in [1.82, 2.24) is 9.78 Å². The van der Waals surface area contributed by atoms with Gasteiger partial charge in [0, 0.05) is 17.5 Å². The Labute approximate surface area is 107 Å². The van der Waals surface area contributed by atoms with E-state index in [2.05, 4.69) is 5.10 Å². The van der Waals surface area contributed by atoms with Crippen LogP contribution in [0.2, 0.25) is 0 Å². The largest absolute Gasteiger partial charge is 0.271 e. The van der Waals surface area contributed by atoms with Crippen LogP contribution < -0.4 is 0 Å². The third-order valence-corrected chi connectivity index (χ3v) is 4.47. The summed E-state index contributed by atoms with van der Waals surface area (Å²) < 4.78 is 24.5. The quantitative estimate of drug-likeness (QED) is 0.829. The number of aromatic nitrogens is 2. The Bertz CT molecular complexity index is 603. The van der Waals surface area contributed by atoms with Crippen molar-refractivity contribution in [1.29, 1.82) is 0 Å². The van der Waals surface area contributed by atoms with Crippen LogP contribution in [0.1, 0.15) is 6.92 Å². The van der Waals surface area contributed by atoms with Gasteiger partial charge in [-0.25, -0.2) is 8.42 Å². The fourth-order valence-corrected chi connectivity index (χ4v) is 2.38. The minimum absolute atomic E-state index is 0.138. The fraction of sp³-hybridized carbons (Fsp3) is 0.308. The molecule has 0 fully saturated rings. The third kappa shape index (κ3) is 3.20. The summed E-state index contributed by atoms with van der Waals surface area (Å²) in [6.07, 6.45) is 1.81. The summed E-state index contributed by atoms with van der Waals surface area (Å²) in [5, 5.41) is 4.37. The molecule has 1 heterocycles. The predicted octanol–water partition coefficient (Wildman–Crippen LogP) is 1.98. The highest BCUT2D eigenvalue weighted by atomic mass is 32.2. The van der Waals surface area contributed by atoms with Crippen LogP contribution in [0.15, 0.2) is 42.6 Å². The van der Waals surface area contributed by atoms with Crippen LogP contribution in [0.25, 0.3) is 11.3 Å². The number of hydrogen-bond acceptors (Lipinski definition) is 3. The van der Waals surface area contributed by atoms with Crippen LogP contribution in [0.4, 0.5) is 0 Å². The van der Waals surface area contributed by atoms with Crippen molar-refractivity contribution in [2.24, 2.45) is 0 Å². The van der Waals surface area contributed by atoms with E-state index in [-0.39, 0.29) is 11.5 Å². The van der Waals surface area contributed by atoms with Gasteiger partial charge in [-0.1, -0.05) is 37.3 Å². The molecule has 1 aromatic heterocycles. The van der Waals surface area contributed by atoms with Crippen LogP contribution in [-0.2, 0) is 16.4 Å². The predicted molar refractivity (Wildman–Crippen MR) is 72.0 cm³/mol. The van der Waals surface area contributed by atoms with Gasteiger partial charge in [0.05, 0.1) is 18.0 Å². The normalized spacial score (nSPS) is 11.6. The first-order valence-electron chi connectivity index (χ1n) is 5.90. The lowest BCUT2D eigenvalue weighted by atomic mass is 10.2. The molecule has 0 aliphatic carbocycles. The van der Waals surface area contributed by atoms with Gasteiger partial charge in [0.2, 0.25) is 0 Å². The number of sulfone groups is 1. The second-order valence-electron chi connectivity index (χ2n) is 4.07. The molecule has 0 bridgehead atoms. The monoisotopic (exact) mass is 264 g/mol. The third-order valence-electron chi connectivity index (χ3n) is 2.78. The summed E-state index contributed by atoms with van der Waals surface area (Å²) in [6.45, 7) is 2.07. The van der Waals surface area contributed by atoms with Gasteiger partial charge < -0.3 is 0 Å². The van der Waals surface area contributed by atoms with E-state index in [0.29, 0.717) is 6.54 Å². The van der Waals surface area contributed by atoms with Crippen LogP contribution >= 0.6 is 0 Å². The van der Waals surface area contributed by atoms with Gasteiger partial charge in [-0.05, 0) is 6.07 Å². The highest BCUT2D eigenvalue weighted by molar-refractivity contribution is 7.91. The average molecular weight is 264 g/mol. The molecule has 2 aromatic rings. The lowest BCUT2D eigenvalue weighted by molar-refractivity contribution is 0.582. The van der Waals surface area contributed by atoms with Crippen LogP contribution in [0, 0.1) is 0 Å². The molecule has 18 heavy (non-hydrogen) atoms. The molecule has 4 nitrogen and oxygen atoms in total. The number of aryl methyl sites for hydroxylation is 1. The van der Waals surface area contributed by atoms with Crippen molar-refractivity contribution in [2.45, 2.75) is 13.5 Å². The summed E-state index contributed by atoms with van der Waals surface area (Å²) in [6, 6.07) is 11.7. The summed E-state index contributed by atoms with van der Waals surface area (Å²) in [5.74, 6) is 0.319. The maximum Gasteiger partial charge on any atom is 0.151 e. The summed E-state index contributed by atoms with van der Waals surface area (Å²) in [7, 11) is -2.93. The molecule has 0 saturated heterocycles. The van der Waals surface area contributed by atoms with Gasteiger partial charge in [-0.3, -0.25) is 4.68 Å². The SMILES string of the molecule is CCS(=O)(=O)CCn1ccc(-c2ccccc2)n1. The van der Waals surface area contributed by atoms with Crippen molar-refractivity contribution in [3.63, 3.8) is 0 Å². The van der Waals surface area contributed by atoms with Gasteiger partial charge in [0.1, 0.15) is 0 Å². The molecule has 0 spiro atoms. The molecular formula is C13H16N2O2S. The Kier molecular flexibility index (Phi) is 3.81. The lowest BCUT2D eigenvalue weighted by Crippen LogP contribution is -2.14. The second kappa shape index (κ2) is 5.35. The van der Waals surface area contributed by atoms with E-state index in [0.717, 1.165) is 11.3 Å². The summed E-state index contributed by atoms with van der Waals surface area (Å²) >= 11 is 0. The zero-order valence-corrected chi connectivity index (χ0v) is 11.1. The van der Waals surface area contributed by atoms with Crippen LogP contribution in [0.3, 0.4) is 0 Å². The maximum atomic E-state index is 11.4. The first-order valence-corrected chi connectivity index (χ1v) is 7.72. The zero-order chi connectivity index (χ0) is 13.0. The van der Waals surface area contributed by atoms with Crippen molar-refractivity contribution in [3.8, 4) is 11.3 Å². The Morgan fingerprint density at radius 3 is 2.56 bits per heavy atom. The topological polar surface area (TPSA) is 52.0 Å². The first-order chi connectivity index (χ1) is 8.61. The zero-order valence-electron chi connectivity index (χ0n) is 10.3. The Morgan fingerprint density at radius 2 is 1.89 bits per heavy atom. The lowest BCUT2D eigenvalue weighted by Gasteiger charge is -2.01. The Balaban J connectivity index is 2.08. The molecule has 0 aliphatic rings. The highest BCUT2D eigenvalue weighted by Gasteiger charge is 2.08. The average Bonchev–Trinajstić information content (AvgIpc) is 2.86. The molecule has 0 amide bonds. The molecule has 5 heteroatoms. The minimum atomic E-state index is -2.93. The number of benzene rings is 1. The van der Waals surface area contributed by atoms with Gasteiger partial charge in [0.15, 0.2) is 9.84 Å². The highest BCUT2D eigenvalue weighted by Crippen LogP contribution is 2.15. The van der Waals surface area contributed by atoms with E-state index in [1.807, 2.05) is 42.6 Å². The van der Waals surface area contributed by atoms with Crippen molar-refractivity contribution in [3.05, 3.63) is 42.6 Å². The molecule has 96 valence electrons. The molecule has 0 radical (unpaired) electrons. The molecule has 0 saturated carbocycles. The molecule has 0 atom stereocenters. The first kappa shape index (κ1) is 12.8. The van der Waals surface area contributed by atoms with Crippen LogP contribution in [0.5, 0.6) is 0 Å².